The molecule has 0 aliphatic rings. The highest BCUT2D eigenvalue weighted by atomic mass is 16.3. The molecule has 0 bridgehead atoms. The van der Waals surface area contributed by atoms with Crippen molar-refractivity contribution in [3.63, 3.8) is 0 Å². The molecule has 3 heteroatoms. The van der Waals surface area contributed by atoms with Crippen molar-refractivity contribution in [1.82, 2.24) is 0 Å². The molecule has 3 N–H and O–H groups in total. The Balaban J connectivity index is 2.74. The molecule has 0 radical (unpaired) electrons. The van der Waals surface area contributed by atoms with Gasteiger partial charge in [-0.1, -0.05) is 31.9 Å². The van der Waals surface area contributed by atoms with Crippen molar-refractivity contribution in [2.75, 3.05) is 0 Å². The minimum absolute atomic E-state index is 0.179. The fourth-order valence-corrected chi connectivity index (χ4v) is 1.83. The maximum absolute atomic E-state index is 11.0. The monoisotopic (exact) mass is 221 g/mol. The van der Waals surface area contributed by atoms with E-state index < -0.39 is 0 Å². The second-order valence-corrected chi connectivity index (χ2v) is 4.10. The number of primary amides is 1. The van der Waals surface area contributed by atoms with E-state index in [-0.39, 0.29) is 17.6 Å². The third kappa shape index (κ3) is 3.93. The number of hydrogen-bond donors (Lipinski definition) is 2. The molecule has 0 saturated heterocycles. The summed E-state index contributed by atoms with van der Waals surface area (Å²) >= 11 is 0. The molecule has 1 atom stereocenters. The van der Waals surface area contributed by atoms with Crippen LogP contribution in [0.3, 0.4) is 0 Å². The molecule has 0 fully saturated rings. The number of unbranched alkanes of at least 4 members (excludes halogenated alkanes) is 1. The first-order valence-electron chi connectivity index (χ1n) is 5.70. The number of benzene rings is 1. The standard InChI is InChI=1S/C13H19NO2/c1-2-3-4-11(9-13(14)16)10-5-7-12(15)8-6-10/h5-8,11,15H,2-4,9H2,1H3,(H2,14,16). The van der Waals surface area contributed by atoms with Gasteiger partial charge in [-0.15, -0.1) is 0 Å². The van der Waals surface area contributed by atoms with Crippen molar-refractivity contribution >= 4 is 5.91 Å². The topological polar surface area (TPSA) is 63.3 Å². The molecule has 0 aromatic heterocycles. The molecule has 0 spiro atoms. The summed E-state index contributed by atoms with van der Waals surface area (Å²) < 4.78 is 0. The SMILES string of the molecule is CCCCC(CC(N)=O)c1ccc(O)cc1. The predicted octanol–water partition coefficient (Wildman–Crippen LogP) is 2.54. The van der Waals surface area contributed by atoms with Crippen LogP contribution in [0.25, 0.3) is 0 Å². The molecule has 88 valence electrons. The van der Waals surface area contributed by atoms with Crippen LogP contribution in [-0.2, 0) is 4.79 Å². The van der Waals surface area contributed by atoms with E-state index in [2.05, 4.69) is 6.92 Å². The van der Waals surface area contributed by atoms with E-state index in [0.29, 0.717) is 6.42 Å². The van der Waals surface area contributed by atoms with E-state index in [9.17, 15) is 9.90 Å². The normalized spacial score (nSPS) is 12.3. The minimum Gasteiger partial charge on any atom is -0.508 e. The first kappa shape index (κ1) is 12.6. The zero-order valence-corrected chi connectivity index (χ0v) is 9.65. The van der Waals surface area contributed by atoms with Crippen molar-refractivity contribution in [1.29, 1.82) is 0 Å². The molecule has 0 heterocycles. The maximum Gasteiger partial charge on any atom is 0.218 e. The Bertz CT molecular complexity index is 332. The van der Waals surface area contributed by atoms with E-state index in [0.717, 1.165) is 24.8 Å². The second kappa shape index (κ2) is 6.16. The molecular weight excluding hydrogens is 202 g/mol. The predicted molar refractivity (Wildman–Crippen MR) is 64.2 cm³/mol. The Morgan fingerprint density at radius 1 is 1.38 bits per heavy atom. The molecule has 1 rings (SSSR count). The summed E-state index contributed by atoms with van der Waals surface area (Å²) in [6, 6.07) is 7.02. The fraction of sp³-hybridized carbons (Fsp3) is 0.462. The Hall–Kier alpha value is -1.51. The minimum atomic E-state index is -0.269. The first-order chi connectivity index (χ1) is 7.63. The first-order valence-corrected chi connectivity index (χ1v) is 5.70. The summed E-state index contributed by atoms with van der Waals surface area (Å²) in [4.78, 5) is 11.0. The molecule has 0 aliphatic heterocycles. The molecule has 0 saturated carbocycles. The van der Waals surface area contributed by atoms with Gasteiger partial charge in [-0.2, -0.15) is 0 Å². The maximum atomic E-state index is 11.0. The number of rotatable bonds is 6. The van der Waals surface area contributed by atoms with Crippen molar-refractivity contribution in [2.24, 2.45) is 5.73 Å². The summed E-state index contributed by atoms with van der Waals surface area (Å²) in [6.07, 6.45) is 3.53. The lowest BCUT2D eigenvalue weighted by molar-refractivity contribution is -0.118. The van der Waals surface area contributed by atoms with Crippen LogP contribution in [0.4, 0.5) is 0 Å². The third-order valence-electron chi connectivity index (χ3n) is 2.72. The van der Waals surface area contributed by atoms with Crippen molar-refractivity contribution in [2.45, 2.75) is 38.5 Å². The van der Waals surface area contributed by atoms with E-state index >= 15 is 0 Å². The fourth-order valence-electron chi connectivity index (χ4n) is 1.83. The molecule has 1 aromatic carbocycles. The van der Waals surface area contributed by atoms with Crippen LogP contribution >= 0.6 is 0 Å². The van der Waals surface area contributed by atoms with Gasteiger partial charge in [-0.25, -0.2) is 0 Å². The third-order valence-corrected chi connectivity index (χ3v) is 2.72. The quantitative estimate of drug-likeness (QED) is 0.775. The zero-order valence-electron chi connectivity index (χ0n) is 9.65. The van der Waals surface area contributed by atoms with Crippen molar-refractivity contribution in [3.8, 4) is 5.75 Å². The Morgan fingerprint density at radius 3 is 2.50 bits per heavy atom. The van der Waals surface area contributed by atoms with Crippen LogP contribution in [0, 0.1) is 0 Å². The van der Waals surface area contributed by atoms with E-state index in [1.165, 1.54) is 0 Å². The molecule has 3 nitrogen and oxygen atoms in total. The van der Waals surface area contributed by atoms with Gasteiger partial charge in [0.2, 0.25) is 5.91 Å². The number of amides is 1. The largest absolute Gasteiger partial charge is 0.508 e. The van der Waals surface area contributed by atoms with Gasteiger partial charge in [0.05, 0.1) is 0 Å². The molecule has 1 unspecified atom stereocenters. The summed E-state index contributed by atoms with van der Waals surface area (Å²) in [5.41, 5.74) is 6.32. The van der Waals surface area contributed by atoms with Gasteiger partial charge in [0.1, 0.15) is 5.75 Å². The van der Waals surface area contributed by atoms with Gasteiger partial charge in [-0.3, -0.25) is 4.79 Å². The van der Waals surface area contributed by atoms with Crippen LogP contribution < -0.4 is 5.73 Å². The Labute approximate surface area is 96.3 Å². The van der Waals surface area contributed by atoms with Gasteiger partial charge in [0, 0.05) is 6.42 Å². The highest BCUT2D eigenvalue weighted by Crippen LogP contribution is 2.26. The second-order valence-electron chi connectivity index (χ2n) is 4.10. The number of hydrogen-bond acceptors (Lipinski definition) is 2. The number of phenols is 1. The van der Waals surface area contributed by atoms with E-state index in [1.54, 1.807) is 12.1 Å². The zero-order chi connectivity index (χ0) is 12.0. The molecule has 16 heavy (non-hydrogen) atoms. The number of phenolic OH excluding ortho intramolecular Hbond substituents is 1. The number of aromatic hydroxyl groups is 1. The van der Waals surface area contributed by atoms with Gasteiger partial charge >= 0.3 is 0 Å². The molecule has 0 aliphatic carbocycles. The summed E-state index contributed by atoms with van der Waals surface area (Å²) in [5, 5.41) is 9.20. The van der Waals surface area contributed by atoms with Crippen molar-refractivity contribution in [3.05, 3.63) is 29.8 Å². The van der Waals surface area contributed by atoms with Crippen LogP contribution in [0.2, 0.25) is 0 Å². The van der Waals surface area contributed by atoms with Crippen LogP contribution in [0.1, 0.15) is 44.1 Å². The Morgan fingerprint density at radius 2 is 2.00 bits per heavy atom. The summed E-state index contributed by atoms with van der Waals surface area (Å²) in [6.45, 7) is 2.12. The highest BCUT2D eigenvalue weighted by Gasteiger charge is 2.13. The highest BCUT2D eigenvalue weighted by molar-refractivity contribution is 5.74. The molecular formula is C13H19NO2. The van der Waals surface area contributed by atoms with Crippen LogP contribution in [-0.4, -0.2) is 11.0 Å². The molecule has 1 amide bonds. The van der Waals surface area contributed by atoms with Gasteiger partial charge in [0.15, 0.2) is 0 Å². The number of carbonyl (C=O) groups is 1. The van der Waals surface area contributed by atoms with Crippen molar-refractivity contribution < 1.29 is 9.90 Å². The van der Waals surface area contributed by atoms with Crippen LogP contribution in [0.5, 0.6) is 5.75 Å². The van der Waals surface area contributed by atoms with E-state index in [1.807, 2.05) is 12.1 Å². The average Bonchev–Trinajstić information content (AvgIpc) is 2.25. The molecule has 1 aromatic rings. The van der Waals surface area contributed by atoms with E-state index in [4.69, 9.17) is 5.73 Å². The number of carbonyl (C=O) groups excluding carboxylic acids is 1. The van der Waals surface area contributed by atoms with Gasteiger partial charge in [0.25, 0.3) is 0 Å². The summed E-state index contributed by atoms with van der Waals surface area (Å²) in [7, 11) is 0. The Kier molecular flexibility index (Phi) is 4.83. The van der Waals surface area contributed by atoms with Crippen LogP contribution in [0.15, 0.2) is 24.3 Å². The smallest absolute Gasteiger partial charge is 0.218 e. The lowest BCUT2D eigenvalue weighted by Crippen LogP contribution is -2.15. The lowest BCUT2D eigenvalue weighted by Gasteiger charge is -2.15. The average molecular weight is 221 g/mol. The summed E-state index contributed by atoms with van der Waals surface area (Å²) in [5.74, 6) is 0.157. The lowest BCUT2D eigenvalue weighted by atomic mass is 9.90. The number of nitrogens with two attached hydrogens (primary N) is 1. The van der Waals surface area contributed by atoms with Gasteiger partial charge < -0.3 is 10.8 Å². The van der Waals surface area contributed by atoms with Gasteiger partial charge in [-0.05, 0) is 30.0 Å².